The van der Waals surface area contributed by atoms with Gasteiger partial charge in [-0.15, -0.1) is 12.6 Å². The number of rotatable bonds is 3. The second-order valence-electron chi connectivity index (χ2n) is 4.50. The zero-order valence-corrected chi connectivity index (χ0v) is 12.4. The first-order valence-electron chi connectivity index (χ1n) is 6.32. The molecular weight excluding hydrogens is 268 g/mol. The fourth-order valence-electron chi connectivity index (χ4n) is 1.75. The Morgan fingerprint density at radius 2 is 1.55 bits per heavy atom. The third-order valence-electron chi connectivity index (χ3n) is 3.12. The van der Waals surface area contributed by atoms with E-state index in [2.05, 4.69) is 12.6 Å². The molecule has 0 aliphatic heterocycles. The van der Waals surface area contributed by atoms with E-state index in [1.165, 1.54) is 0 Å². The van der Waals surface area contributed by atoms with E-state index in [-0.39, 0.29) is 5.97 Å². The van der Waals surface area contributed by atoms with Crippen molar-refractivity contribution in [3.05, 3.63) is 65.7 Å². The summed E-state index contributed by atoms with van der Waals surface area (Å²) in [6, 6.07) is 16.8. The average Bonchev–Trinajstić information content (AvgIpc) is 2.47. The highest BCUT2D eigenvalue weighted by atomic mass is 32.1. The maximum Gasteiger partial charge on any atom is 0.339 e. The molecule has 0 aliphatic rings. The molecular formula is C17H16O2S. The summed E-state index contributed by atoms with van der Waals surface area (Å²) in [5, 5.41) is 0. The average molecular weight is 284 g/mol. The van der Waals surface area contributed by atoms with Crippen molar-refractivity contribution in [3.63, 3.8) is 0 Å². The molecule has 0 saturated heterocycles. The second kappa shape index (κ2) is 6.44. The maximum absolute atomic E-state index is 12.1. The standard InChI is InChI=1S/C17H16O2S/c1-12(14-8-10-16(20)11-9-14)13(2)17(18)19-15-6-4-3-5-7-15/h3-11,20H,1-2H3/b13-12+. The summed E-state index contributed by atoms with van der Waals surface area (Å²) in [6.45, 7) is 3.68. The fraction of sp³-hybridized carbons (Fsp3) is 0.118. The topological polar surface area (TPSA) is 26.3 Å². The maximum atomic E-state index is 12.1. The van der Waals surface area contributed by atoms with Crippen molar-refractivity contribution in [1.82, 2.24) is 0 Å². The number of ether oxygens (including phenoxy) is 1. The predicted octanol–water partition coefficient (Wildman–Crippen LogP) is 4.37. The Labute approximate surface area is 124 Å². The van der Waals surface area contributed by atoms with Gasteiger partial charge in [-0.3, -0.25) is 0 Å². The summed E-state index contributed by atoms with van der Waals surface area (Å²) in [5.74, 6) is 0.221. The van der Waals surface area contributed by atoms with Gasteiger partial charge in [-0.25, -0.2) is 4.79 Å². The molecule has 0 radical (unpaired) electrons. The number of carbonyl (C=O) groups is 1. The van der Waals surface area contributed by atoms with E-state index in [0.29, 0.717) is 11.3 Å². The van der Waals surface area contributed by atoms with E-state index >= 15 is 0 Å². The summed E-state index contributed by atoms with van der Waals surface area (Å²) in [4.78, 5) is 13.0. The minimum Gasteiger partial charge on any atom is -0.423 e. The van der Waals surface area contributed by atoms with Crippen LogP contribution in [0.5, 0.6) is 5.75 Å². The van der Waals surface area contributed by atoms with Crippen LogP contribution in [-0.4, -0.2) is 5.97 Å². The van der Waals surface area contributed by atoms with Crippen LogP contribution in [0, 0.1) is 0 Å². The lowest BCUT2D eigenvalue weighted by Gasteiger charge is -2.08. The van der Waals surface area contributed by atoms with Crippen molar-refractivity contribution in [2.75, 3.05) is 0 Å². The van der Waals surface area contributed by atoms with Gasteiger partial charge in [-0.1, -0.05) is 30.3 Å². The third kappa shape index (κ3) is 3.52. The van der Waals surface area contributed by atoms with E-state index < -0.39 is 0 Å². The van der Waals surface area contributed by atoms with Gasteiger partial charge in [-0.05, 0) is 49.2 Å². The van der Waals surface area contributed by atoms with Gasteiger partial charge in [0.05, 0.1) is 0 Å². The van der Waals surface area contributed by atoms with Gasteiger partial charge >= 0.3 is 5.97 Å². The number of benzene rings is 2. The lowest BCUT2D eigenvalue weighted by atomic mass is 10.0. The normalized spacial score (nSPS) is 11.8. The fourth-order valence-corrected chi connectivity index (χ4v) is 1.90. The smallest absolute Gasteiger partial charge is 0.339 e. The molecule has 0 heterocycles. The zero-order chi connectivity index (χ0) is 14.5. The molecule has 0 aliphatic carbocycles. The summed E-state index contributed by atoms with van der Waals surface area (Å²) < 4.78 is 5.33. The second-order valence-corrected chi connectivity index (χ2v) is 5.02. The van der Waals surface area contributed by atoms with Crippen molar-refractivity contribution >= 4 is 24.2 Å². The van der Waals surface area contributed by atoms with E-state index in [0.717, 1.165) is 16.0 Å². The Hall–Kier alpha value is -2.00. The Morgan fingerprint density at radius 3 is 2.15 bits per heavy atom. The van der Waals surface area contributed by atoms with Crippen molar-refractivity contribution < 1.29 is 9.53 Å². The molecule has 2 aromatic carbocycles. The lowest BCUT2D eigenvalue weighted by molar-refractivity contribution is -0.130. The minimum atomic E-state index is -0.330. The van der Waals surface area contributed by atoms with Crippen LogP contribution in [0.15, 0.2) is 65.1 Å². The summed E-state index contributed by atoms with van der Waals surface area (Å²) in [6.07, 6.45) is 0. The molecule has 0 atom stereocenters. The van der Waals surface area contributed by atoms with Gasteiger partial charge in [0.25, 0.3) is 0 Å². The Balaban J connectivity index is 2.20. The third-order valence-corrected chi connectivity index (χ3v) is 3.42. The summed E-state index contributed by atoms with van der Waals surface area (Å²) in [5.41, 5.74) is 2.49. The molecule has 3 heteroatoms. The number of hydrogen-bond donors (Lipinski definition) is 1. The lowest BCUT2D eigenvalue weighted by Crippen LogP contribution is -2.10. The Morgan fingerprint density at radius 1 is 0.950 bits per heavy atom. The molecule has 0 spiro atoms. The number of esters is 1. The van der Waals surface area contributed by atoms with Gasteiger partial charge in [0.2, 0.25) is 0 Å². The molecule has 0 amide bonds. The molecule has 0 fully saturated rings. The molecule has 0 aromatic heterocycles. The summed E-state index contributed by atoms with van der Waals surface area (Å²) in [7, 11) is 0. The van der Waals surface area contributed by atoms with Crippen LogP contribution in [0.3, 0.4) is 0 Å². The quantitative estimate of drug-likeness (QED) is 0.392. The predicted molar refractivity (Wildman–Crippen MR) is 84.0 cm³/mol. The van der Waals surface area contributed by atoms with Crippen molar-refractivity contribution in [2.24, 2.45) is 0 Å². The molecule has 2 rings (SSSR count). The number of para-hydroxylation sites is 1. The van der Waals surface area contributed by atoms with Crippen LogP contribution in [0.2, 0.25) is 0 Å². The first-order valence-corrected chi connectivity index (χ1v) is 6.77. The number of thiol groups is 1. The van der Waals surface area contributed by atoms with Crippen molar-refractivity contribution in [2.45, 2.75) is 18.7 Å². The largest absolute Gasteiger partial charge is 0.423 e. The molecule has 2 nitrogen and oxygen atoms in total. The molecule has 102 valence electrons. The minimum absolute atomic E-state index is 0.330. The van der Waals surface area contributed by atoms with Gasteiger partial charge in [0, 0.05) is 10.5 Å². The van der Waals surface area contributed by atoms with E-state index in [1.54, 1.807) is 19.1 Å². The van der Waals surface area contributed by atoms with Gasteiger partial charge in [-0.2, -0.15) is 0 Å². The SMILES string of the molecule is C/C(C(=O)Oc1ccccc1)=C(/C)c1ccc(S)cc1. The zero-order valence-electron chi connectivity index (χ0n) is 11.5. The van der Waals surface area contributed by atoms with Crippen LogP contribution in [0.25, 0.3) is 5.57 Å². The molecule has 0 N–H and O–H groups in total. The van der Waals surface area contributed by atoms with E-state index in [1.807, 2.05) is 49.4 Å². The van der Waals surface area contributed by atoms with E-state index in [4.69, 9.17) is 4.74 Å². The number of carbonyl (C=O) groups excluding carboxylic acids is 1. The molecule has 0 bridgehead atoms. The van der Waals surface area contributed by atoms with Crippen LogP contribution >= 0.6 is 12.6 Å². The Bertz CT molecular complexity index is 628. The van der Waals surface area contributed by atoms with Crippen molar-refractivity contribution in [3.8, 4) is 5.75 Å². The van der Waals surface area contributed by atoms with Crippen molar-refractivity contribution in [1.29, 1.82) is 0 Å². The van der Waals surface area contributed by atoms with Gasteiger partial charge < -0.3 is 4.74 Å². The molecule has 0 saturated carbocycles. The highest BCUT2D eigenvalue weighted by molar-refractivity contribution is 7.80. The highest BCUT2D eigenvalue weighted by Crippen LogP contribution is 2.21. The van der Waals surface area contributed by atoms with Gasteiger partial charge in [0.1, 0.15) is 5.75 Å². The Kier molecular flexibility index (Phi) is 4.64. The first-order chi connectivity index (χ1) is 9.58. The van der Waals surface area contributed by atoms with Crippen LogP contribution in [0.4, 0.5) is 0 Å². The first kappa shape index (κ1) is 14.4. The van der Waals surface area contributed by atoms with Crippen LogP contribution in [-0.2, 0) is 4.79 Å². The molecule has 20 heavy (non-hydrogen) atoms. The van der Waals surface area contributed by atoms with Gasteiger partial charge in [0.15, 0.2) is 0 Å². The highest BCUT2D eigenvalue weighted by Gasteiger charge is 2.11. The number of allylic oxidation sites excluding steroid dienone is 1. The summed E-state index contributed by atoms with van der Waals surface area (Å²) >= 11 is 4.25. The van der Waals surface area contributed by atoms with E-state index in [9.17, 15) is 4.79 Å². The van der Waals surface area contributed by atoms with Crippen LogP contribution < -0.4 is 4.74 Å². The monoisotopic (exact) mass is 284 g/mol. The van der Waals surface area contributed by atoms with Crippen LogP contribution in [0.1, 0.15) is 19.4 Å². The number of hydrogen-bond acceptors (Lipinski definition) is 3. The molecule has 2 aromatic rings. The molecule has 0 unspecified atom stereocenters.